The lowest BCUT2D eigenvalue weighted by Gasteiger charge is -2.19. The van der Waals surface area contributed by atoms with Crippen LogP contribution in [-0.2, 0) is 6.42 Å². The molecule has 0 aliphatic heterocycles. The third-order valence-corrected chi connectivity index (χ3v) is 3.55. The minimum Gasteiger partial charge on any atom is -0.310 e. The second-order valence-electron chi connectivity index (χ2n) is 5.19. The zero-order chi connectivity index (χ0) is 15.1. The van der Waals surface area contributed by atoms with Crippen LogP contribution in [0, 0.1) is 11.6 Å². The van der Waals surface area contributed by atoms with Crippen LogP contribution < -0.4 is 5.32 Å². The Morgan fingerprint density at radius 3 is 2.52 bits per heavy atom. The van der Waals surface area contributed by atoms with Crippen LogP contribution in [0.15, 0.2) is 48.5 Å². The number of hydrogen-bond donors (Lipinski definition) is 1. The molecule has 0 bridgehead atoms. The molecule has 0 amide bonds. The SMILES string of the molecule is CCCNC(CCc1cc(F)ccc1F)c1ccccc1. The summed E-state index contributed by atoms with van der Waals surface area (Å²) in [6.07, 6.45) is 2.29. The summed E-state index contributed by atoms with van der Waals surface area (Å²) in [5.41, 5.74) is 1.62. The maximum absolute atomic E-state index is 13.7. The van der Waals surface area contributed by atoms with E-state index in [1.807, 2.05) is 18.2 Å². The third kappa shape index (κ3) is 4.64. The molecular formula is C18H21F2N. The van der Waals surface area contributed by atoms with Crippen molar-refractivity contribution in [1.29, 1.82) is 0 Å². The smallest absolute Gasteiger partial charge is 0.126 e. The van der Waals surface area contributed by atoms with E-state index in [0.717, 1.165) is 25.5 Å². The van der Waals surface area contributed by atoms with Gasteiger partial charge in [0.2, 0.25) is 0 Å². The van der Waals surface area contributed by atoms with Crippen LogP contribution in [0.1, 0.15) is 36.9 Å². The lowest BCUT2D eigenvalue weighted by atomic mass is 9.98. The van der Waals surface area contributed by atoms with E-state index < -0.39 is 0 Å². The summed E-state index contributed by atoms with van der Waals surface area (Å²) in [6, 6.07) is 13.9. The average molecular weight is 289 g/mol. The lowest BCUT2D eigenvalue weighted by Crippen LogP contribution is -2.22. The first-order valence-electron chi connectivity index (χ1n) is 7.43. The summed E-state index contributed by atoms with van der Waals surface area (Å²) >= 11 is 0. The third-order valence-electron chi connectivity index (χ3n) is 3.55. The van der Waals surface area contributed by atoms with E-state index in [0.29, 0.717) is 12.0 Å². The normalized spacial score (nSPS) is 12.3. The van der Waals surface area contributed by atoms with E-state index in [1.165, 1.54) is 17.7 Å². The molecule has 0 aromatic heterocycles. The molecule has 0 aliphatic carbocycles. The van der Waals surface area contributed by atoms with Crippen LogP contribution in [0.3, 0.4) is 0 Å². The van der Waals surface area contributed by atoms with Crippen molar-refractivity contribution in [2.24, 2.45) is 0 Å². The highest BCUT2D eigenvalue weighted by molar-refractivity contribution is 5.22. The van der Waals surface area contributed by atoms with Gasteiger partial charge in [0.25, 0.3) is 0 Å². The van der Waals surface area contributed by atoms with Crippen molar-refractivity contribution in [2.45, 2.75) is 32.2 Å². The van der Waals surface area contributed by atoms with Crippen LogP contribution >= 0.6 is 0 Å². The molecule has 0 saturated heterocycles. The molecule has 1 atom stereocenters. The van der Waals surface area contributed by atoms with Crippen molar-refractivity contribution in [2.75, 3.05) is 6.54 Å². The minimum absolute atomic E-state index is 0.161. The second kappa shape index (κ2) is 7.89. The van der Waals surface area contributed by atoms with Gasteiger partial charge in [-0.2, -0.15) is 0 Å². The molecule has 112 valence electrons. The second-order valence-corrected chi connectivity index (χ2v) is 5.19. The molecule has 0 saturated carbocycles. The molecule has 3 heteroatoms. The molecule has 0 radical (unpaired) electrons. The average Bonchev–Trinajstić information content (AvgIpc) is 2.51. The van der Waals surface area contributed by atoms with Gasteiger partial charge in [0, 0.05) is 6.04 Å². The Kier molecular flexibility index (Phi) is 5.88. The Balaban J connectivity index is 2.07. The lowest BCUT2D eigenvalue weighted by molar-refractivity contribution is 0.491. The molecule has 2 aromatic rings. The van der Waals surface area contributed by atoms with Crippen molar-refractivity contribution < 1.29 is 8.78 Å². The maximum Gasteiger partial charge on any atom is 0.126 e. The summed E-state index contributed by atoms with van der Waals surface area (Å²) in [5.74, 6) is -0.720. The number of hydrogen-bond acceptors (Lipinski definition) is 1. The number of halogens is 2. The Bertz CT molecular complexity index is 554. The summed E-state index contributed by atoms with van der Waals surface area (Å²) < 4.78 is 26.9. The largest absolute Gasteiger partial charge is 0.310 e. The standard InChI is InChI=1S/C18H21F2N/c1-2-12-21-18(14-6-4-3-5-7-14)11-8-15-13-16(19)9-10-17(15)20/h3-7,9-10,13,18,21H,2,8,11-12H2,1H3. The van der Waals surface area contributed by atoms with E-state index in [1.54, 1.807) is 0 Å². The molecule has 21 heavy (non-hydrogen) atoms. The van der Waals surface area contributed by atoms with Crippen LogP contribution in [0.25, 0.3) is 0 Å². The predicted octanol–water partition coefficient (Wildman–Crippen LogP) is 4.64. The summed E-state index contributed by atoms with van der Waals surface area (Å²) in [7, 11) is 0. The van der Waals surface area contributed by atoms with E-state index in [2.05, 4.69) is 24.4 Å². The fourth-order valence-corrected chi connectivity index (χ4v) is 2.43. The molecule has 2 aromatic carbocycles. The fourth-order valence-electron chi connectivity index (χ4n) is 2.43. The maximum atomic E-state index is 13.7. The van der Waals surface area contributed by atoms with Gasteiger partial charge in [0.15, 0.2) is 0 Å². The van der Waals surface area contributed by atoms with Crippen molar-refractivity contribution in [3.05, 3.63) is 71.3 Å². The summed E-state index contributed by atoms with van der Waals surface area (Å²) in [4.78, 5) is 0. The van der Waals surface area contributed by atoms with Crippen molar-refractivity contribution in [3.63, 3.8) is 0 Å². The molecular weight excluding hydrogens is 268 g/mol. The zero-order valence-electron chi connectivity index (χ0n) is 12.3. The Morgan fingerprint density at radius 1 is 1.05 bits per heavy atom. The van der Waals surface area contributed by atoms with Crippen LogP contribution in [0.5, 0.6) is 0 Å². The van der Waals surface area contributed by atoms with Gasteiger partial charge < -0.3 is 5.32 Å². The molecule has 1 unspecified atom stereocenters. The molecule has 1 N–H and O–H groups in total. The van der Waals surface area contributed by atoms with Gasteiger partial charge in [-0.25, -0.2) is 8.78 Å². The zero-order valence-corrected chi connectivity index (χ0v) is 12.3. The van der Waals surface area contributed by atoms with E-state index in [9.17, 15) is 8.78 Å². The Hall–Kier alpha value is -1.74. The first-order chi connectivity index (χ1) is 10.2. The molecule has 0 aliphatic rings. The van der Waals surface area contributed by atoms with Gasteiger partial charge in [-0.05, 0) is 55.1 Å². The van der Waals surface area contributed by atoms with Gasteiger partial charge in [-0.3, -0.25) is 0 Å². The van der Waals surface area contributed by atoms with Crippen LogP contribution in [-0.4, -0.2) is 6.54 Å². The molecule has 0 fully saturated rings. The molecule has 1 nitrogen and oxygen atoms in total. The number of benzene rings is 2. The summed E-state index contributed by atoms with van der Waals surface area (Å²) in [5, 5.41) is 3.47. The molecule has 0 heterocycles. The van der Waals surface area contributed by atoms with Crippen molar-refractivity contribution in [1.82, 2.24) is 5.32 Å². The highest BCUT2D eigenvalue weighted by atomic mass is 19.1. The first-order valence-corrected chi connectivity index (χ1v) is 7.43. The molecule has 2 rings (SSSR count). The van der Waals surface area contributed by atoms with E-state index in [4.69, 9.17) is 0 Å². The van der Waals surface area contributed by atoms with Crippen LogP contribution in [0.4, 0.5) is 8.78 Å². The van der Waals surface area contributed by atoms with Gasteiger partial charge in [-0.1, -0.05) is 37.3 Å². The van der Waals surface area contributed by atoms with Gasteiger partial charge in [0.1, 0.15) is 11.6 Å². The van der Waals surface area contributed by atoms with Crippen molar-refractivity contribution in [3.8, 4) is 0 Å². The number of rotatable bonds is 7. The van der Waals surface area contributed by atoms with Gasteiger partial charge in [-0.15, -0.1) is 0 Å². The highest BCUT2D eigenvalue weighted by Crippen LogP contribution is 2.21. The number of aryl methyl sites for hydroxylation is 1. The van der Waals surface area contributed by atoms with E-state index in [-0.39, 0.29) is 17.7 Å². The topological polar surface area (TPSA) is 12.0 Å². The fraction of sp³-hybridized carbons (Fsp3) is 0.333. The Labute approximate surface area is 125 Å². The highest BCUT2D eigenvalue weighted by Gasteiger charge is 2.12. The quantitative estimate of drug-likeness (QED) is 0.783. The molecule has 0 spiro atoms. The summed E-state index contributed by atoms with van der Waals surface area (Å²) in [6.45, 7) is 3.02. The van der Waals surface area contributed by atoms with E-state index >= 15 is 0 Å². The predicted molar refractivity (Wildman–Crippen MR) is 82.2 cm³/mol. The van der Waals surface area contributed by atoms with Crippen molar-refractivity contribution >= 4 is 0 Å². The van der Waals surface area contributed by atoms with Gasteiger partial charge in [0.05, 0.1) is 0 Å². The first kappa shape index (κ1) is 15.6. The monoisotopic (exact) mass is 289 g/mol. The van der Waals surface area contributed by atoms with Gasteiger partial charge >= 0.3 is 0 Å². The van der Waals surface area contributed by atoms with Crippen LogP contribution in [0.2, 0.25) is 0 Å². The minimum atomic E-state index is -0.385. The number of nitrogens with one attached hydrogen (secondary N) is 1. The Morgan fingerprint density at radius 2 is 1.81 bits per heavy atom.